The fraction of sp³-hybridized carbons (Fsp3) is 0.400. The molecule has 0 N–H and O–H groups in total. The lowest BCUT2D eigenvalue weighted by atomic mass is 10.7. The molecule has 0 aliphatic heterocycles. The molecule has 0 amide bonds. The van der Waals surface area contributed by atoms with Crippen LogP contribution < -0.4 is 0 Å². The van der Waals surface area contributed by atoms with Crippen LogP contribution in [0.5, 0.6) is 0 Å². The summed E-state index contributed by atoms with van der Waals surface area (Å²) >= 11 is 0. The molecule has 0 saturated heterocycles. The molecular weight excluding hydrogens is 120 g/mol. The van der Waals surface area contributed by atoms with Crippen LogP contribution in [-0.4, -0.2) is 13.7 Å². The van der Waals surface area contributed by atoms with Crippen molar-refractivity contribution in [3.63, 3.8) is 0 Å². The van der Waals surface area contributed by atoms with Gasteiger partial charge in [-0.1, -0.05) is 6.58 Å². The van der Waals surface area contributed by atoms with Gasteiger partial charge in [-0.3, -0.25) is 9.59 Å². The van der Waals surface area contributed by atoms with Gasteiger partial charge in [0.05, 0.1) is 0 Å². The quantitative estimate of drug-likeness (QED) is 0.403. The molecule has 45 valence electrons. The fourth-order valence-corrected chi connectivity index (χ4v) is 0.737. The SMILES string of the molecule is C=CC(=O)[Si](C)(C)[O]. The van der Waals surface area contributed by atoms with E-state index in [0.717, 1.165) is 6.08 Å². The maximum Gasteiger partial charge on any atom is 0.306 e. The van der Waals surface area contributed by atoms with E-state index in [1.54, 1.807) is 0 Å². The molecule has 0 heterocycles. The standard InChI is InChI=1S/C5H9O2Si/c1-4-5(6)8(2,3)7/h4H,1H2,2-3H3. The zero-order chi connectivity index (χ0) is 6.78. The minimum Gasteiger partial charge on any atom is -0.297 e. The Morgan fingerprint density at radius 1 is 1.62 bits per heavy atom. The number of hydrogen-bond donors (Lipinski definition) is 0. The largest absolute Gasteiger partial charge is 0.306 e. The summed E-state index contributed by atoms with van der Waals surface area (Å²) in [6.07, 6.45) is 1.11. The molecule has 0 saturated carbocycles. The molecule has 0 spiro atoms. The summed E-state index contributed by atoms with van der Waals surface area (Å²) in [6.45, 7) is 6.12. The van der Waals surface area contributed by atoms with Gasteiger partial charge in [0.15, 0.2) is 5.41 Å². The highest BCUT2D eigenvalue weighted by Gasteiger charge is 2.27. The number of carbonyl (C=O) groups excluding carboxylic acids is 1. The topological polar surface area (TPSA) is 37.0 Å². The molecular formula is C5H9O2Si. The molecule has 0 aromatic rings. The van der Waals surface area contributed by atoms with Gasteiger partial charge in [0.25, 0.3) is 0 Å². The third kappa shape index (κ3) is 2.04. The lowest BCUT2D eigenvalue weighted by Crippen LogP contribution is -2.33. The van der Waals surface area contributed by atoms with Gasteiger partial charge in [-0.25, -0.2) is 0 Å². The van der Waals surface area contributed by atoms with Gasteiger partial charge >= 0.3 is 8.32 Å². The normalized spacial score (nSPS) is 10.9. The van der Waals surface area contributed by atoms with E-state index in [9.17, 15) is 9.59 Å². The number of allylic oxidation sites excluding steroid dienone is 1. The van der Waals surface area contributed by atoms with Crippen LogP contribution >= 0.6 is 0 Å². The highest BCUT2D eigenvalue weighted by atomic mass is 28.4. The van der Waals surface area contributed by atoms with Crippen LogP contribution in [0.2, 0.25) is 13.1 Å². The molecule has 0 aromatic carbocycles. The highest BCUT2D eigenvalue weighted by molar-refractivity contribution is 7.00. The summed E-state index contributed by atoms with van der Waals surface area (Å²) < 4.78 is 0. The van der Waals surface area contributed by atoms with E-state index in [1.165, 1.54) is 13.1 Å². The second kappa shape index (κ2) is 2.24. The summed E-state index contributed by atoms with van der Waals surface area (Å²) in [6, 6.07) is 0. The molecule has 0 fully saturated rings. The van der Waals surface area contributed by atoms with E-state index in [0.29, 0.717) is 0 Å². The van der Waals surface area contributed by atoms with Crippen LogP contribution in [-0.2, 0) is 9.59 Å². The van der Waals surface area contributed by atoms with Crippen molar-refractivity contribution in [1.29, 1.82) is 0 Å². The van der Waals surface area contributed by atoms with Gasteiger partial charge in [-0.2, -0.15) is 0 Å². The Balaban J connectivity index is 4.02. The van der Waals surface area contributed by atoms with Crippen molar-refractivity contribution < 1.29 is 9.59 Å². The maximum absolute atomic E-state index is 10.8. The molecule has 0 aromatic heterocycles. The lowest BCUT2D eigenvalue weighted by Gasteiger charge is -2.02. The molecule has 0 aliphatic carbocycles. The first-order chi connectivity index (χ1) is 3.48. The maximum atomic E-state index is 10.8. The Morgan fingerprint density at radius 2 is 2.00 bits per heavy atom. The summed E-state index contributed by atoms with van der Waals surface area (Å²) in [5.74, 6) is 0. The van der Waals surface area contributed by atoms with E-state index in [4.69, 9.17) is 0 Å². The predicted molar refractivity (Wildman–Crippen MR) is 33.4 cm³/mol. The lowest BCUT2D eigenvalue weighted by molar-refractivity contribution is -0.109. The Labute approximate surface area is 50.0 Å². The van der Waals surface area contributed by atoms with Crippen LogP contribution in [0.15, 0.2) is 12.7 Å². The third-order valence-corrected chi connectivity index (χ3v) is 2.17. The van der Waals surface area contributed by atoms with Gasteiger partial charge in [0.2, 0.25) is 0 Å². The Bertz CT molecular complexity index is 112. The first-order valence-electron chi connectivity index (χ1n) is 2.36. The Hall–Kier alpha value is -0.413. The number of carbonyl (C=O) groups is 1. The van der Waals surface area contributed by atoms with Crippen LogP contribution in [0.25, 0.3) is 0 Å². The molecule has 2 nitrogen and oxygen atoms in total. The van der Waals surface area contributed by atoms with Gasteiger partial charge < -0.3 is 0 Å². The smallest absolute Gasteiger partial charge is 0.297 e. The molecule has 1 radical (unpaired) electrons. The van der Waals surface area contributed by atoms with E-state index < -0.39 is 8.32 Å². The van der Waals surface area contributed by atoms with Crippen molar-refractivity contribution in [3.8, 4) is 0 Å². The monoisotopic (exact) mass is 129 g/mol. The first kappa shape index (κ1) is 7.59. The molecule has 0 bridgehead atoms. The van der Waals surface area contributed by atoms with Crippen molar-refractivity contribution in [3.05, 3.63) is 12.7 Å². The van der Waals surface area contributed by atoms with E-state index in [-0.39, 0.29) is 5.41 Å². The molecule has 8 heavy (non-hydrogen) atoms. The van der Waals surface area contributed by atoms with E-state index in [1.807, 2.05) is 0 Å². The van der Waals surface area contributed by atoms with Crippen molar-refractivity contribution in [2.45, 2.75) is 13.1 Å². The minimum absolute atomic E-state index is 0.322. The van der Waals surface area contributed by atoms with Crippen LogP contribution in [0.3, 0.4) is 0 Å². The molecule has 0 aliphatic rings. The zero-order valence-corrected chi connectivity index (χ0v) is 6.10. The Kier molecular flexibility index (Phi) is 2.12. The van der Waals surface area contributed by atoms with Crippen molar-refractivity contribution in [2.75, 3.05) is 0 Å². The first-order valence-corrected chi connectivity index (χ1v) is 5.26. The summed E-state index contributed by atoms with van der Waals surface area (Å²) in [4.78, 5) is 21.2. The fourth-order valence-electron chi connectivity index (χ4n) is 0.246. The van der Waals surface area contributed by atoms with Gasteiger partial charge in [-0.05, 0) is 19.2 Å². The minimum atomic E-state index is -2.77. The second-order valence-corrected chi connectivity index (χ2v) is 5.59. The van der Waals surface area contributed by atoms with E-state index >= 15 is 0 Å². The summed E-state index contributed by atoms with van der Waals surface area (Å²) in [5.41, 5.74) is 0. The summed E-state index contributed by atoms with van der Waals surface area (Å²) in [7, 11) is -2.77. The van der Waals surface area contributed by atoms with Gasteiger partial charge in [-0.15, -0.1) is 0 Å². The van der Waals surface area contributed by atoms with Crippen molar-refractivity contribution in [2.24, 2.45) is 0 Å². The average molecular weight is 129 g/mol. The number of hydrogen-bond acceptors (Lipinski definition) is 1. The van der Waals surface area contributed by atoms with Crippen molar-refractivity contribution in [1.82, 2.24) is 0 Å². The number of rotatable bonds is 2. The second-order valence-electron chi connectivity index (χ2n) is 2.08. The van der Waals surface area contributed by atoms with Gasteiger partial charge in [0.1, 0.15) is 0 Å². The van der Waals surface area contributed by atoms with Crippen LogP contribution in [0.1, 0.15) is 0 Å². The average Bonchev–Trinajstić information content (AvgIpc) is 1.62. The third-order valence-electron chi connectivity index (χ3n) is 0.779. The Morgan fingerprint density at radius 3 is 2.00 bits per heavy atom. The molecule has 3 heteroatoms. The van der Waals surface area contributed by atoms with E-state index in [2.05, 4.69) is 6.58 Å². The van der Waals surface area contributed by atoms with Gasteiger partial charge in [0, 0.05) is 0 Å². The summed E-state index contributed by atoms with van der Waals surface area (Å²) in [5, 5.41) is -0.322. The van der Waals surface area contributed by atoms with Crippen LogP contribution in [0, 0.1) is 0 Å². The highest BCUT2D eigenvalue weighted by Crippen LogP contribution is 1.97. The molecule has 0 rings (SSSR count). The van der Waals surface area contributed by atoms with Crippen molar-refractivity contribution >= 4 is 13.7 Å². The zero-order valence-electron chi connectivity index (χ0n) is 5.10. The van der Waals surface area contributed by atoms with Crippen LogP contribution in [0.4, 0.5) is 0 Å². The predicted octanol–water partition coefficient (Wildman–Crippen LogP) is 0.916. The molecule has 0 atom stereocenters. The molecule has 0 unspecified atom stereocenters.